The minimum atomic E-state index is -1.00. The Morgan fingerprint density at radius 3 is 2.42 bits per heavy atom. The first kappa shape index (κ1) is 24.0. The Bertz CT molecular complexity index is 637. The summed E-state index contributed by atoms with van der Waals surface area (Å²) in [5, 5.41) is 11.8. The molecule has 2 nitrogen and oxygen atoms in total. The van der Waals surface area contributed by atoms with Gasteiger partial charge in [-0.2, -0.15) is 0 Å². The molecule has 0 unspecified atom stereocenters. The Morgan fingerprint density at radius 1 is 1.00 bits per heavy atom. The predicted octanol–water partition coefficient (Wildman–Crippen LogP) is 7.19. The summed E-state index contributed by atoms with van der Waals surface area (Å²) in [5.74, 6) is 4.33. The van der Waals surface area contributed by atoms with Gasteiger partial charge in [-0.1, -0.05) is 53.9 Å². The summed E-state index contributed by atoms with van der Waals surface area (Å²) < 4.78 is 20.4. The first-order chi connectivity index (χ1) is 14.6. The lowest BCUT2D eigenvalue weighted by Gasteiger charge is -2.65. The van der Waals surface area contributed by atoms with Crippen LogP contribution in [0, 0.1) is 46.3 Å². The van der Waals surface area contributed by atoms with Gasteiger partial charge in [-0.05, 0) is 85.9 Å². The van der Waals surface area contributed by atoms with Gasteiger partial charge in [0.05, 0.1) is 11.7 Å². The molecule has 31 heavy (non-hydrogen) atoms. The van der Waals surface area contributed by atoms with Crippen LogP contribution in [-0.2, 0) is 4.74 Å². The van der Waals surface area contributed by atoms with Crippen LogP contribution >= 0.6 is 0 Å². The van der Waals surface area contributed by atoms with Crippen molar-refractivity contribution in [3.05, 3.63) is 0 Å². The van der Waals surface area contributed by atoms with Crippen LogP contribution in [0.2, 0.25) is 0 Å². The SMILES string of the molecule is CO[C@@H]1C[C@H]2[C@@H]3CC[C@H]([C@H](C)CCCC(C)C)[C@@]3(C)CC[C@@H]2[C@@]2(C)CC[C@H](F)C[C@]12O. The second-order valence-corrected chi connectivity index (χ2v) is 13.0. The van der Waals surface area contributed by atoms with E-state index in [1.807, 2.05) is 0 Å². The molecule has 4 rings (SSSR count). The molecule has 4 saturated carbocycles. The molecule has 4 aliphatic rings. The summed E-state index contributed by atoms with van der Waals surface area (Å²) in [6.45, 7) is 12.1. The number of hydrogen-bond acceptors (Lipinski definition) is 2. The summed E-state index contributed by atoms with van der Waals surface area (Å²) in [7, 11) is 1.74. The van der Waals surface area contributed by atoms with Crippen molar-refractivity contribution in [2.24, 2.45) is 46.3 Å². The molecule has 4 aliphatic carbocycles. The van der Waals surface area contributed by atoms with Gasteiger partial charge in [0.25, 0.3) is 0 Å². The van der Waals surface area contributed by atoms with Crippen LogP contribution in [0.15, 0.2) is 0 Å². The Hall–Kier alpha value is -0.150. The molecule has 4 fully saturated rings. The molecule has 10 atom stereocenters. The third-order valence-electron chi connectivity index (χ3n) is 11.3. The van der Waals surface area contributed by atoms with Gasteiger partial charge in [-0.15, -0.1) is 0 Å². The standard InChI is InChI=1S/C28H49FO2/c1-18(2)8-7-9-19(3)22-10-11-23-21-16-25(31-6)28(30)17-20(29)12-15-27(28,5)24(21)13-14-26(22,23)4/h18-25,30H,7-17H2,1-6H3/t19-,20+,21+,22-,23+,24+,25-,26-,27-,28+/m1/s1. The molecule has 1 N–H and O–H groups in total. The van der Waals surface area contributed by atoms with Crippen LogP contribution in [-0.4, -0.2) is 30.1 Å². The topological polar surface area (TPSA) is 29.5 Å². The molecule has 3 heteroatoms. The Balaban J connectivity index is 1.55. The molecule has 0 spiro atoms. The van der Waals surface area contributed by atoms with Crippen molar-refractivity contribution in [3.8, 4) is 0 Å². The van der Waals surface area contributed by atoms with E-state index in [9.17, 15) is 9.50 Å². The lowest BCUT2D eigenvalue weighted by molar-refractivity contribution is -0.266. The number of alkyl halides is 1. The number of aliphatic hydroxyl groups is 1. The van der Waals surface area contributed by atoms with Gasteiger partial charge in [0, 0.05) is 18.9 Å². The number of hydrogen-bond donors (Lipinski definition) is 1. The molecular formula is C28H49FO2. The fourth-order valence-corrected chi connectivity index (χ4v) is 9.52. The summed E-state index contributed by atoms with van der Waals surface area (Å²) in [6.07, 6.45) is 10.8. The van der Waals surface area contributed by atoms with E-state index in [-0.39, 0.29) is 17.9 Å². The van der Waals surface area contributed by atoms with Crippen molar-refractivity contribution in [3.63, 3.8) is 0 Å². The summed E-state index contributed by atoms with van der Waals surface area (Å²) in [4.78, 5) is 0. The van der Waals surface area contributed by atoms with E-state index in [1.165, 1.54) is 44.9 Å². The fraction of sp³-hybridized carbons (Fsp3) is 1.00. The summed E-state index contributed by atoms with van der Waals surface area (Å²) in [5.41, 5.74) is -0.780. The monoisotopic (exact) mass is 436 g/mol. The van der Waals surface area contributed by atoms with Crippen LogP contribution in [0.5, 0.6) is 0 Å². The van der Waals surface area contributed by atoms with E-state index < -0.39 is 11.8 Å². The van der Waals surface area contributed by atoms with E-state index in [0.717, 1.165) is 36.5 Å². The maximum absolute atomic E-state index is 14.5. The summed E-state index contributed by atoms with van der Waals surface area (Å²) >= 11 is 0. The predicted molar refractivity (Wildman–Crippen MR) is 126 cm³/mol. The molecule has 0 aliphatic heterocycles. The van der Waals surface area contributed by atoms with Crippen LogP contribution < -0.4 is 0 Å². The van der Waals surface area contributed by atoms with Crippen molar-refractivity contribution in [1.29, 1.82) is 0 Å². The van der Waals surface area contributed by atoms with E-state index >= 15 is 0 Å². The zero-order valence-electron chi connectivity index (χ0n) is 21.1. The lowest BCUT2D eigenvalue weighted by Crippen LogP contribution is -2.68. The first-order valence-corrected chi connectivity index (χ1v) is 13.5. The van der Waals surface area contributed by atoms with Crippen LogP contribution in [0.25, 0.3) is 0 Å². The largest absolute Gasteiger partial charge is 0.386 e. The highest BCUT2D eigenvalue weighted by Crippen LogP contribution is 2.69. The van der Waals surface area contributed by atoms with Gasteiger partial charge in [0.15, 0.2) is 0 Å². The second-order valence-electron chi connectivity index (χ2n) is 13.0. The number of ether oxygens (including phenoxy) is 1. The minimum Gasteiger partial charge on any atom is -0.386 e. The Kier molecular flexibility index (Phi) is 6.63. The van der Waals surface area contributed by atoms with Gasteiger partial charge >= 0.3 is 0 Å². The van der Waals surface area contributed by atoms with Gasteiger partial charge in [0.2, 0.25) is 0 Å². The molecule has 0 bridgehead atoms. The molecule has 0 aromatic rings. The average Bonchev–Trinajstić information content (AvgIpc) is 3.05. The molecule has 0 aromatic heterocycles. The van der Waals surface area contributed by atoms with E-state index in [1.54, 1.807) is 7.11 Å². The molecule has 0 amide bonds. The molecule has 0 aromatic carbocycles. The van der Waals surface area contributed by atoms with Gasteiger partial charge in [-0.3, -0.25) is 0 Å². The number of rotatable bonds is 6. The third-order valence-corrected chi connectivity index (χ3v) is 11.3. The first-order valence-electron chi connectivity index (χ1n) is 13.5. The van der Waals surface area contributed by atoms with Crippen molar-refractivity contribution in [1.82, 2.24) is 0 Å². The zero-order chi connectivity index (χ0) is 22.6. The molecule has 0 saturated heterocycles. The van der Waals surface area contributed by atoms with Crippen LogP contribution in [0.3, 0.4) is 0 Å². The number of methoxy groups -OCH3 is 1. The lowest BCUT2D eigenvalue weighted by atomic mass is 9.42. The van der Waals surface area contributed by atoms with Gasteiger partial charge in [0.1, 0.15) is 6.17 Å². The molecule has 180 valence electrons. The smallest absolute Gasteiger partial charge is 0.103 e. The highest BCUT2D eigenvalue weighted by Gasteiger charge is 2.68. The maximum atomic E-state index is 14.5. The zero-order valence-corrected chi connectivity index (χ0v) is 21.1. The van der Waals surface area contributed by atoms with Crippen molar-refractivity contribution >= 4 is 0 Å². The normalized spacial score (nSPS) is 50.6. The minimum absolute atomic E-state index is 0.207. The quantitative estimate of drug-likeness (QED) is 0.477. The van der Waals surface area contributed by atoms with Gasteiger partial charge < -0.3 is 9.84 Å². The maximum Gasteiger partial charge on any atom is 0.103 e. The van der Waals surface area contributed by atoms with Crippen molar-refractivity contribution in [2.45, 2.75) is 123 Å². The van der Waals surface area contributed by atoms with Crippen LogP contribution in [0.1, 0.15) is 105 Å². The fourth-order valence-electron chi connectivity index (χ4n) is 9.52. The third kappa shape index (κ3) is 3.72. The van der Waals surface area contributed by atoms with Crippen LogP contribution in [0.4, 0.5) is 4.39 Å². The van der Waals surface area contributed by atoms with Gasteiger partial charge in [-0.25, -0.2) is 4.39 Å². The Morgan fingerprint density at radius 2 is 1.74 bits per heavy atom. The Labute approximate surface area is 191 Å². The van der Waals surface area contributed by atoms with Crippen molar-refractivity contribution < 1.29 is 14.2 Å². The molecule has 0 radical (unpaired) electrons. The summed E-state index contributed by atoms with van der Waals surface area (Å²) in [6, 6.07) is 0. The second kappa shape index (κ2) is 8.57. The van der Waals surface area contributed by atoms with Crippen molar-refractivity contribution in [2.75, 3.05) is 7.11 Å². The number of fused-ring (bicyclic) bond motifs is 5. The molecule has 0 heterocycles. The molecular weight excluding hydrogens is 387 g/mol. The van der Waals surface area contributed by atoms with E-state index in [4.69, 9.17) is 4.74 Å². The average molecular weight is 437 g/mol. The highest BCUT2D eigenvalue weighted by atomic mass is 19.1. The van der Waals surface area contributed by atoms with E-state index in [0.29, 0.717) is 23.7 Å². The number of halogens is 1. The highest BCUT2D eigenvalue weighted by molar-refractivity contribution is 5.17. The van der Waals surface area contributed by atoms with E-state index in [2.05, 4.69) is 34.6 Å².